The first kappa shape index (κ1) is 19.2. The van der Waals surface area contributed by atoms with Gasteiger partial charge in [0.15, 0.2) is 5.82 Å². The van der Waals surface area contributed by atoms with Crippen molar-refractivity contribution >= 4 is 29.1 Å². The van der Waals surface area contributed by atoms with Gasteiger partial charge in [-0.15, -0.1) is 0 Å². The predicted octanol–water partition coefficient (Wildman–Crippen LogP) is 3.29. The molecule has 3 heterocycles. The molecule has 8 nitrogen and oxygen atoms in total. The van der Waals surface area contributed by atoms with Crippen molar-refractivity contribution in [3.05, 3.63) is 59.1 Å². The van der Waals surface area contributed by atoms with Crippen LogP contribution in [0.3, 0.4) is 0 Å². The van der Waals surface area contributed by atoms with Gasteiger partial charge in [-0.25, -0.2) is 19.4 Å². The Morgan fingerprint density at radius 2 is 1.79 bits per heavy atom. The first-order chi connectivity index (χ1) is 14.0. The molecule has 0 unspecified atom stereocenters. The van der Waals surface area contributed by atoms with Gasteiger partial charge in [0.25, 0.3) is 0 Å². The van der Waals surface area contributed by atoms with Gasteiger partial charge < -0.3 is 15.1 Å². The van der Waals surface area contributed by atoms with Crippen molar-refractivity contribution < 1.29 is 4.79 Å². The van der Waals surface area contributed by atoms with E-state index in [9.17, 15) is 4.79 Å². The van der Waals surface area contributed by atoms with Crippen LogP contribution < -0.4 is 10.2 Å². The van der Waals surface area contributed by atoms with Crippen LogP contribution in [-0.4, -0.2) is 56.9 Å². The van der Waals surface area contributed by atoms with Gasteiger partial charge in [-0.1, -0.05) is 17.7 Å². The van der Waals surface area contributed by atoms with Gasteiger partial charge in [-0.3, -0.25) is 0 Å². The Kier molecular flexibility index (Phi) is 5.35. The molecule has 9 heteroatoms. The molecule has 150 valence electrons. The number of hydrogen-bond donors (Lipinski definition) is 1. The summed E-state index contributed by atoms with van der Waals surface area (Å²) in [6.45, 7) is 6.46. The maximum atomic E-state index is 12.6. The number of nitrogens with zero attached hydrogens (tertiary/aromatic N) is 6. The molecule has 29 heavy (non-hydrogen) atoms. The summed E-state index contributed by atoms with van der Waals surface area (Å²) in [5, 5.41) is 7.94. The molecule has 1 aromatic carbocycles. The summed E-state index contributed by atoms with van der Waals surface area (Å²) in [5.74, 6) is 1.55. The third-order valence-corrected chi connectivity index (χ3v) is 5.32. The lowest BCUT2D eigenvalue weighted by molar-refractivity contribution is 0.208. The number of aryl methyl sites for hydroxylation is 2. The van der Waals surface area contributed by atoms with E-state index in [1.165, 1.54) is 0 Å². The van der Waals surface area contributed by atoms with Crippen LogP contribution in [-0.2, 0) is 0 Å². The number of nitrogens with one attached hydrogen (secondary N) is 1. The smallest absolute Gasteiger partial charge is 0.321 e. The molecule has 2 amide bonds. The van der Waals surface area contributed by atoms with Crippen LogP contribution in [0.2, 0.25) is 5.02 Å². The molecular formula is C20H22ClN7O. The minimum absolute atomic E-state index is 0.125. The minimum atomic E-state index is -0.125. The van der Waals surface area contributed by atoms with E-state index in [2.05, 4.69) is 25.3 Å². The highest BCUT2D eigenvalue weighted by atomic mass is 35.5. The Morgan fingerprint density at radius 3 is 2.48 bits per heavy atom. The van der Waals surface area contributed by atoms with Crippen LogP contribution in [0.15, 0.2) is 42.9 Å². The SMILES string of the molecule is Cc1ccn(-c2cc(N3CCN(C(=O)Nc4ccc(C)c(Cl)c4)CC3)ncn2)n1. The Hall–Kier alpha value is -3.13. The van der Waals surface area contributed by atoms with Crippen LogP contribution >= 0.6 is 11.6 Å². The van der Waals surface area contributed by atoms with E-state index in [4.69, 9.17) is 11.6 Å². The quantitative estimate of drug-likeness (QED) is 0.715. The van der Waals surface area contributed by atoms with E-state index in [1.807, 2.05) is 44.3 Å². The third-order valence-electron chi connectivity index (χ3n) is 4.91. The largest absolute Gasteiger partial charge is 0.353 e. The molecule has 0 bridgehead atoms. The number of aromatic nitrogens is 4. The lowest BCUT2D eigenvalue weighted by atomic mass is 10.2. The van der Waals surface area contributed by atoms with Gasteiger partial charge in [0.05, 0.1) is 5.69 Å². The summed E-state index contributed by atoms with van der Waals surface area (Å²) in [6.07, 6.45) is 3.42. The third kappa shape index (κ3) is 4.32. The second-order valence-electron chi connectivity index (χ2n) is 7.00. The van der Waals surface area contributed by atoms with Crippen LogP contribution in [0.5, 0.6) is 0 Å². The maximum Gasteiger partial charge on any atom is 0.321 e. The van der Waals surface area contributed by atoms with Gasteiger partial charge in [0.1, 0.15) is 12.1 Å². The molecule has 1 aliphatic heterocycles. The van der Waals surface area contributed by atoms with Crippen LogP contribution in [0.25, 0.3) is 5.82 Å². The van der Waals surface area contributed by atoms with E-state index in [0.29, 0.717) is 36.9 Å². The summed E-state index contributed by atoms with van der Waals surface area (Å²) >= 11 is 6.14. The molecule has 2 aromatic heterocycles. The number of amides is 2. The normalized spacial score (nSPS) is 14.2. The number of anilines is 2. The van der Waals surface area contributed by atoms with Crippen molar-refractivity contribution in [1.82, 2.24) is 24.6 Å². The number of carbonyl (C=O) groups is 1. The number of piperazine rings is 1. The Morgan fingerprint density at radius 1 is 1.03 bits per heavy atom. The number of urea groups is 1. The molecule has 1 N–H and O–H groups in total. The molecule has 1 fully saturated rings. The zero-order chi connectivity index (χ0) is 20.4. The number of rotatable bonds is 3. The molecule has 0 atom stereocenters. The summed E-state index contributed by atoms with van der Waals surface area (Å²) in [6, 6.07) is 9.24. The highest BCUT2D eigenvalue weighted by molar-refractivity contribution is 6.31. The molecule has 0 spiro atoms. The fraction of sp³-hybridized carbons (Fsp3) is 0.300. The Bertz CT molecular complexity index is 1030. The molecule has 3 aromatic rings. The molecule has 4 rings (SSSR count). The van der Waals surface area contributed by atoms with Gasteiger partial charge >= 0.3 is 6.03 Å². The van der Waals surface area contributed by atoms with Crippen molar-refractivity contribution in [2.45, 2.75) is 13.8 Å². The molecule has 0 aliphatic carbocycles. The first-order valence-electron chi connectivity index (χ1n) is 9.41. The van der Waals surface area contributed by atoms with Gasteiger partial charge in [0.2, 0.25) is 0 Å². The number of benzene rings is 1. The van der Waals surface area contributed by atoms with E-state index in [-0.39, 0.29) is 6.03 Å². The fourth-order valence-corrected chi connectivity index (χ4v) is 3.37. The second-order valence-corrected chi connectivity index (χ2v) is 7.41. The monoisotopic (exact) mass is 411 g/mol. The average Bonchev–Trinajstić information content (AvgIpc) is 3.17. The van der Waals surface area contributed by atoms with E-state index < -0.39 is 0 Å². The highest BCUT2D eigenvalue weighted by Gasteiger charge is 2.22. The Balaban J connectivity index is 1.38. The van der Waals surface area contributed by atoms with Crippen LogP contribution in [0.1, 0.15) is 11.3 Å². The van der Waals surface area contributed by atoms with E-state index >= 15 is 0 Å². The second kappa shape index (κ2) is 8.08. The molecular weight excluding hydrogens is 390 g/mol. The van der Waals surface area contributed by atoms with Crippen molar-refractivity contribution in [2.75, 3.05) is 36.4 Å². The number of hydrogen-bond acceptors (Lipinski definition) is 5. The predicted molar refractivity (Wildman–Crippen MR) is 113 cm³/mol. The van der Waals surface area contributed by atoms with Crippen LogP contribution in [0.4, 0.5) is 16.3 Å². The van der Waals surface area contributed by atoms with Crippen LogP contribution in [0, 0.1) is 13.8 Å². The topological polar surface area (TPSA) is 79.2 Å². The van der Waals surface area contributed by atoms with Crippen molar-refractivity contribution in [3.63, 3.8) is 0 Å². The molecule has 0 radical (unpaired) electrons. The molecule has 1 aliphatic rings. The number of carbonyl (C=O) groups excluding carboxylic acids is 1. The van der Waals surface area contributed by atoms with E-state index in [1.54, 1.807) is 22.0 Å². The summed E-state index contributed by atoms with van der Waals surface area (Å²) in [5.41, 5.74) is 2.61. The standard InChI is InChI=1S/C20H22ClN7O/c1-14-3-4-16(11-17(14)21)24-20(29)27-9-7-26(8-10-27)18-12-19(23-13-22-18)28-6-5-15(2)25-28/h3-6,11-13H,7-10H2,1-2H3,(H,24,29). The molecule has 1 saturated heterocycles. The summed E-state index contributed by atoms with van der Waals surface area (Å²) in [7, 11) is 0. The van der Waals surface area contributed by atoms with Gasteiger partial charge in [0, 0.05) is 49.2 Å². The highest BCUT2D eigenvalue weighted by Crippen LogP contribution is 2.21. The zero-order valence-electron chi connectivity index (χ0n) is 16.3. The first-order valence-corrected chi connectivity index (χ1v) is 9.79. The van der Waals surface area contributed by atoms with Crippen molar-refractivity contribution in [1.29, 1.82) is 0 Å². The van der Waals surface area contributed by atoms with Crippen molar-refractivity contribution in [3.8, 4) is 5.82 Å². The fourth-order valence-electron chi connectivity index (χ4n) is 3.19. The average molecular weight is 412 g/mol. The van der Waals surface area contributed by atoms with E-state index in [0.717, 1.165) is 22.9 Å². The minimum Gasteiger partial charge on any atom is -0.353 e. The number of halogens is 1. The molecule has 0 saturated carbocycles. The Labute approximate surface area is 174 Å². The lowest BCUT2D eigenvalue weighted by Crippen LogP contribution is -2.50. The summed E-state index contributed by atoms with van der Waals surface area (Å²) in [4.78, 5) is 25.2. The summed E-state index contributed by atoms with van der Waals surface area (Å²) < 4.78 is 1.73. The maximum absolute atomic E-state index is 12.6. The van der Waals surface area contributed by atoms with Crippen molar-refractivity contribution in [2.24, 2.45) is 0 Å². The lowest BCUT2D eigenvalue weighted by Gasteiger charge is -2.35. The van der Waals surface area contributed by atoms with Gasteiger partial charge in [-0.05, 0) is 37.6 Å². The zero-order valence-corrected chi connectivity index (χ0v) is 17.1. The van der Waals surface area contributed by atoms with Gasteiger partial charge in [-0.2, -0.15) is 5.10 Å².